The number of aryl methyl sites for hydroxylation is 1. The number of nitrogens with zero attached hydrogens (tertiary/aromatic N) is 3. The first-order valence-electron chi connectivity index (χ1n) is 10.7. The van der Waals surface area contributed by atoms with Crippen LogP contribution in [0.2, 0.25) is 0 Å². The second-order valence-electron chi connectivity index (χ2n) is 7.88. The standard InChI is InChI=1S/C25H24N4O5/c1-3-12-29(14-22(30)31)24(32)23-21(13-28(2)27-23)26-25(33)34-15-20-18-10-6-4-8-16(18)17-9-5-7-11-19(17)20/h3-11,13,20H,1,12,14-15H2,2H3,(H,26,33)(H,30,31). The summed E-state index contributed by atoms with van der Waals surface area (Å²) in [4.78, 5) is 37.7. The number of nitrogens with one attached hydrogen (secondary N) is 1. The minimum atomic E-state index is -1.17. The maximum absolute atomic E-state index is 12.9. The lowest BCUT2D eigenvalue weighted by Gasteiger charge is -2.18. The first-order chi connectivity index (χ1) is 16.4. The third kappa shape index (κ3) is 4.54. The molecule has 2 aromatic carbocycles. The Hall–Kier alpha value is -4.40. The van der Waals surface area contributed by atoms with Crippen molar-refractivity contribution >= 4 is 23.7 Å². The van der Waals surface area contributed by atoms with Gasteiger partial charge in [0.15, 0.2) is 5.69 Å². The smallest absolute Gasteiger partial charge is 0.411 e. The fraction of sp³-hybridized carbons (Fsp3) is 0.200. The molecule has 0 unspecified atom stereocenters. The van der Waals surface area contributed by atoms with Crippen molar-refractivity contribution in [3.8, 4) is 11.1 Å². The molecule has 0 saturated heterocycles. The van der Waals surface area contributed by atoms with E-state index in [1.54, 1.807) is 7.05 Å². The number of carboxylic acid groups (broad SMARTS) is 1. The van der Waals surface area contributed by atoms with Crippen LogP contribution in [0, 0.1) is 0 Å². The molecule has 0 fully saturated rings. The highest BCUT2D eigenvalue weighted by Gasteiger charge is 2.30. The Labute approximate surface area is 196 Å². The molecule has 0 saturated carbocycles. The van der Waals surface area contributed by atoms with Crippen LogP contribution in [-0.2, 0) is 16.6 Å². The Balaban J connectivity index is 1.48. The molecule has 2 amide bonds. The highest BCUT2D eigenvalue weighted by atomic mass is 16.5. The molecule has 0 bridgehead atoms. The molecule has 0 atom stereocenters. The number of hydrogen-bond donors (Lipinski definition) is 2. The van der Waals surface area contributed by atoms with Crippen molar-refractivity contribution in [1.82, 2.24) is 14.7 Å². The van der Waals surface area contributed by atoms with Crippen molar-refractivity contribution in [2.45, 2.75) is 5.92 Å². The molecule has 34 heavy (non-hydrogen) atoms. The van der Waals surface area contributed by atoms with Crippen molar-refractivity contribution in [2.75, 3.05) is 25.0 Å². The van der Waals surface area contributed by atoms with E-state index in [4.69, 9.17) is 9.84 Å². The van der Waals surface area contributed by atoms with Gasteiger partial charge in [0.2, 0.25) is 0 Å². The minimum absolute atomic E-state index is 0.0199. The van der Waals surface area contributed by atoms with Gasteiger partial charge in [-0.05, 0) is 22.3 Å². The Morgan fingerprint density at radius 1 is 1.15 bits per heavy atom. The number of aliphatic carboxylic acids is 1. The van der Waals surface area contributed by atoms with Crippen LogP contribution < -0.4 is 5.32 Å². The summed E-state index contributed by atoms with van der Waals surface area (Å²) in [6, 6.07) is 16.0. The number of anilines is 1. The van der Waals surface area contributed by atoms with E-state index in [0.717, 1.165) is 27.2 Å². The Morgan fingerprint density at radius 2 is 1.76 bits per heavy atom. The number of carbonyl (C=O) groups excluding carboxylic acids is 2. The number of hydrogen-bond acceptors (Lipinski definition) is 5. The topological polar surface area (TPSA) is 114 Å². The summed E-state index contributed by atoms with van der Waals surface area (Å²) in [6.07, 6.45) is 2.14. The maximum Gasteiger partial charge on any atom is 0.411 e. The summed E-state index contributed by atoms with van der Waals surface area (Å²) in [5, 5.41) is 15.8. The number of fused-ring (bicyclic) bond motifs is 3. The van der Waals surface area contributed by atoms with Gasteiger partial charge >= 0.3 is 12.1 Å². The number of carbonyl (C=O) groups is 3. The van der Waals surface area contributed by atoms with Gasteiger partial charge in [0.1, 0.15) is 13.2 Å². The van der Waals surface area contributed by atoms with Crippen LogP contribution in [0.1, 0.15) is 27.5 Å². The molecule has 2 N–H and O–H groups in total. The van der Waals surface area contributed by atoms with Crippen LogP contribution in [0.15, 0.2) is 67.4 Å². The summed E-state index contributed by atoms with van der Waals surface area (Å²) >= 11 is 0. The van der Waals surface area contributed by atoms with Crippen LogP contribution in [0.25, 0.3) is 11.1 Å². The zero-order valence-corrected chi connectivity index (χ0v) is 18.6. The number of benzene rings is 2. The third-order valence-electron chi connectivity index (χ3n) is 5.57. The van der Waals surface area contributed by atoms with Crippen molar-refractivity contribution in [1.29, 1.82) is 0 Å². The zero-order chi connectivity index (χ0) is 24.2. The first-order valence-corrected chi connectivity index (χ1v) is 10.7. The summed E-state index contributed by atoms with van der Waals surface area (Å²) in [7, 11) is 1.59. The molecule has 9 nitrogen and oxygen atoms in total. The minimum Gasteiger partial charge on any atom is -0.480 e. The fourth-order valence-electron chi connectivity index (χ4n) is 4.17. The summed E-state index contributed by atoms with van der Waals surface area (Å²) in [6.45, 7) is 3.17. The van der Waals surface area contributed by atoms with Crippen molar-refractivity contribution < 1.29 is 24.2 Å². The van der Waals surface area contributed by atoms with Gasteiger partial charge in [0, 0.05) is 25.7 Å². The van der Waals surface area contributed by atoms with E-state index in [-0.39, 0.29) is 30.5 Å². The number of aromatic nitrogens is 2. The van der Waals surface area contributed by atoms with Crippen LogP contribution in [0.5, 0.6) is 0 Å². The summed E-state index contributed by atoms with van der Waals surface area (Å²) in [5.74, 6) is -1.92. The fourth-order valence-corrected chi connectivity index (χ4v) is 4.17. The van der Waals surface area contributed by atoms with Crippen LogP contribution in [0.3, 0.4) is 0 Å². The van der Waals surface area contributed by atoms with Gasteiger partial charge in [-0.3, -0.25) is 19.6 Å². The number of carboxylic acids is 1. The lowest BCUT2D eigenvalue weighted by Crippen LogP contribution is -2.36. The van der Waals surface area contributed by atoms with E-state index in [2.05, 4.69) is 17.0 Å². The Morgan fingerprint density at radius 3 is 2.35 bits per heavy atom. The van der Waals surface area contributed by atoms with Crippen molar-refractivity contribution in [3.05, 3.63) is 84.2 Å². The van der Waals surface area contributed by atoms with Gasteiger partial charge in [0.05, 0.1) is 5.69 Å². The predicted molar refractivity (Wildman–Crippen MR) is 126 cm³/mol. The molecule has 0 aliphatic heterocycles. The average molecular weight is 460 g/mol. The second-order valence-corrected chi connectivity index (χ2v) is 7.88. The predicted octanol–water partition coefficient (Wildman–Crippen LogP) is 3.49. The molecular formula is C25H24N4O5. The van der Waals surface area contributed by atoms with E-state index in [1.807, 2.05) is 48.5 Å². The quantitative estimate of drug-likeness (QED) is 0.498. The highest BCUT2D eigenvalue weighted by molar-refractivity contribution is 6.01. The number of amides is 2. The molecular weight excluding hydrogens is 436 g/mol. The summed E-state index contributed by atoms with van der Waals surface area (Å²) < 4.78 is 6.90. The van der Waals surface area contributed by atoms with Gasteiger partial charge in [-0.1, -0.05) is 54.6 Å². The normalized spacial score (nSPS) is 11.9. The average Bonchev–Trinajstić information content (AvgIpc) is 3.34. The van der Waals surface area contributed by atoms with Crippen LogP contribution in [-0.4, -0.2) is 57.5 Å². The zero-order valence-electron chi connectivity index (χ0n) is 18.6. The van der Waals surface area contributed by atoms with Crippen molar-refractivity contribution in [2.24, 2.45) is 7.05 Å². The molecule has 0 spiro atoms. The second kappa shape index (κ2) is 9.62. The van der Waals surface area contributed by atoms with Gasteiger partial charge in [-0.25, -0.2) is 4.79 Å². The highest BCUT2D eigenvalue weighted by Crippen LogP contribution is 2.44. The largest absolute Gasteiger partial charge is 0.480 e. The number of rotatable bonds is 8. The van der Waals surface area contributed by atoms with Gasteiger partial charge < -0.3 is 14.7 Å². The van der Waals surface area contributed by atoms with E-state index in [9.17, 15) is 14.4 Å². The molecule has 1 aliphatic rings. The van der Waals surface area contributed by atoms with Gasteiger partial charge in [-0.2, -0.15) is 5.10 Å². The van der Waals surface area contributed by atoms with E-state index in [1.165, 1.54) is 17.0 Å². The molecule has 4 rings (SSSR count). The molecule has 0 radical (unpaired) electrons. The molecule has 9 heteroatoms. The molecule has 174 valence electrons. The van der Waals surface area contributed by atoms with E-state index >= 15 is 0 Å². The molecule has 1 aliphatic carbocycles. The van der Waals surface area contributed by atoms with Crippen molar-refractivity contribution in [3.63, 3.8) is 0 Å². The van der Waals surface area contributed by atoms with E-state index < -0.39 is 24.5 Å². The molecule has 1 heterocycles. The maximum atomic E-state index is 12.9. The first kappa shape index (κ1) is 22.8. The Bertz CT molecular complexity index is 1220. The Kier molecular flexibility index (Phi) is 6.44. The van der Waals surface area contributed by atoms with Gasteiger partial charge in [0.25, 0.3) is 5.91 Å². The van der Waals surface area contributed by atoms with Gasteiger partial charge in [-0.15, -0.1) is 6.58 Å². The molecule has 1 aromatic heterocycles. The third-order valence-corrected chi connectivity index (χ3v) is 5.57. The monoisotopic (exact) mass is 460 g/mol. The SMILES string of the molecule is C=CCN(CC(=O)O)C(=O)c1nn(C)cc1NC(=O)OCC1c2ccccc2-c2ccccc21. The lowest BCUT2D eigenvalue weighted by molar-refractivity contribution is -0.137. The molecule has 3 aromatic rings. The van der Waals surface area contributed by atoms with E-state index in [0.29, 0.717) is 0 Å². The van der Waals surface area contributed by atoms with Crippen LogP contribution >= 0.6 is 0 Å². The van der Waals surface area contributed by atoms with Crippen LogP contribution in [0.4, 0.5) is 10.5 Å². The summed E-state index contributed by atoms with van der Waals surface area (Å²) in [5.41, 5.74) is 4.45. The lowest BCUT2D eigenvalue weighted by atomic mass is 9.98. The number of ether oxygens (including phenoxy) is 1.